The molecular weight excluding hydrogens is 351 g/mol. The molecule has 27 heavy (non-hydrogen) atoms. The first-order chi connectivity index (χ1) is 12.9. The van der Waals surface area contributed by atoms with Crippen molar-refractivity contribution >= 4 is 17.7 Å². The van der Waals surface area contributed by atoms with Crippen LogP contribution in [0.3, 0.4) is 0 Å². The fourth-order valence-electron chi connectivity index (χ4n) is 2.89. The number of halogens is 1. The molecule has 1 amide bonds. The summed E-state index contributed by atoms with van der Waals surface area (Å²) in [5.41, 5.74) is 0.423. The van der Waals surface area contributed by atoms with E-state index in [4.69, 9.17) is 4.42 Å². The topological polar surface area (TPSA) is 79.5 Å². The van der Waals surface area contributed by atoms with Gasteiger partial charge in [0.05, 0.1) is 0 Å². The molecule has 0 N–H and O–H groups in total. The lowest BCUT2D eigenvalue weighted by Gasteiger charge is -2.33. The second kappa shape index (κ2) is 8.28. The van der Waals surface area contributed by atoms with Crippen LogP contribution in [0.1, 0.15) is 48.9 Å². The molecule has 0 unspecified atom stereocenters. The molecule has 0 radical (unpaired) electrons. The number of piperazine rings is 1. The quantitative estimate of drug-likeness (QED) is 0.723. The largest absolute Gasteiger partial charge is 0.408 e. The lowest BCUT2D eigenvalue weighted by Crippen LogP contribution is -2.49. The molecule has 0 spiro atoms. The van der Waals surface area contributed by atoms with E-state index in [-0.39, 0.29) is 36.3 Å². The minimum atomic E-state index is -0.387. The zero-order chi connectivity index (χ0) is 19.4. The van der Waals surface area contributed by atoms with Crippen LogP contribution in [0.5, 0.6) is 0 Å². The first-order valence-electron chi connectivity index (χ1n) is 9.09. The van der Waals surface area contributed by atoms with Gasteiger partial charge in [0.15, 0.2) is 5.78 Å². The summed E-state index contributed by atoms with van der Waals surface area (Å²) in [5.74, 6) is 0.172. The van der Waals surface area contributed by atoms with Crippen molar-refractivity contribution in [1.82, 2.24) is 15.1 Å². The molecule has 1 aromatic heterocycles. The summed E-state index contributed by atoms with van der Waals surface area (Å²) in [6, 6.07) is 5.86. The lowest BCUT2D eigenvalue weighted by molar-refractivity contribution is -0.131. The number of hydrogen-bond donors (Lipinski definition) is 0. The van der Waals surface area contributed by atoms with Gasteiger partial charge < -0.3 is 14.2 Å². The van der Waals surface area contributed by atoms with Gasteiger partial charge in [-0.05, 0) is 24.3 Å². The number of amides is 1. The van der Waals surface area contributed by atoms with Crippen LogP contribution < -0.4 is 4.90 Å². The zero-order valence-corrected chi connectivity index (χ0v) is 15.5. The molecule has 2 aromatic rings. The van der Waals surface area contributed by atoms with E-state index in [2.05, 4.69) is 10.2 Å². The Bertz CT molecular complexity index is 796. The molecular formula is C19H23FN4O3. The highest BCUT2D eigenvalue weighted by Crippen LogP contribution is 2.20. The third-order valence-electron chi connectivity index (χ3n) is 4.56. The summed E-state index contributed by atoms with van der Waals surface area (Å²) in [6.45, 7) is 6.28. The van der Waals surface area contributed by atoms with Crippen molar-refractivity contribution in [3.05, 3.63) is 41.5 Å². The van der Waals surface area contributed by atoms with Gasteiger partial charge in [-0.2, -0.15) is 0 Å². The summed E-state index contributed by atoms with van der Waals surface area (Å²) in [4.78, 5) is 28.2. The van der Waals surface area contributed by atoms with E-state index in [1.54, 1.807) is 4.90 Å². The van der Waals surface area contributed by atoms with Crippen molar-refractivity contribution in [2.75, 3.05) is 31.1 Å². The standard InChI is InChI=1S/C19H23FN4O3/c1-13(2)18-21-22-19(27-18)24-11-9-23(10-12-24)17(26)8-7-16(25)14-3-5-15(20)6-4-14/h3-6,13H,7-12H2,1-2H3. The lowest BCUT2D eigenvalue weighted by atomic mass is 10.1. The van der Waals surface area contributed by atoms with Gasteiger partial charge in [-0.3, -0.25) is 9.59 Å². The number of benzene rings is 1. The summed E-state index contributed by atoms with van der Waals surface area (Å²) >= 11 is 0. The number of nitrogens with zero attached hydrogens (tertiary/aromatic N) is 4. The van der Waals surface area contributed by atoms with Crippen molar-refractivity contribution in [1.29, 1.82) is 0 Å². The number of carbonyl (C=O) groups excluding carboxylic acids is 2. The van der Waals surface area contributed by atoms with Gasteiger partial charge >= 0.3 is 6.01 Å². The van der Waals surface area contributed by atoms with Crippen molar-refractivity contribution in [3.63, 3.8) is 0 Å². The Labute approximate surface area is 157 Å². The third-order valence-corrected chi connectivity index (χ3v) is 4.56. The molecule has 8 heteroatoms. The average molecular weight is 374 g/mol. The van der Waals surface area contributed by atoms with Crippen molar-refractivity contribution < 1.29 is 18.4 Å². The predicted octanol–water partition coefficient (Wildman–Crippen LogP) is 2.64. The second-order valence-electron chi connectivity index (χ2n) is 6.88. The fourth-order valence-corrected chi connectivity index (χ4v) is 2.89. The molecule has 0 aliphatic carbocycles. The number of Topliss-reactive ketones (excluding diaryl/α,β-unsaturated/α-hetero) is 1. The van der Waals surface area contributed by atoms with Crippen LogP contribution in [-0.2, 0) is 4.79 Å². The molecule has 0 saturated carbocycles. The molecule has 3 rings (SSSR count). The van der Waals surface area contributed by atoms with E-state index >= 15 is 0 Å². The predicted molar refractivity (Wildman–Crippen MR) is 97.1 cm³/mol. The van der Waals surface area contributed by atoms with Gasteiger partial charge in [-0.15, -0.1) is 5.10 Å². The van der Waals surface area contributed by atoms with Gasteiger partial charge in [-0.25, -0.2) is 4.39 Å². The number of hydrogen-bond acceptors (Lipinski definition) is 6. The Morgan fingerprint density at radius 2 is 1.74 bits per heavy atom. The maximum Gasteiger partial charge on any atom is 0.318 e. The normalized spacial score (nSPS) is 14.7. The molecule has 0 atom stereocenters. The molecule has 1 aliphatic heterocycles. The molecule has 1 saturated heterocycles. The van der Waals surface area contributed by atoms with Crippen LogP contribution >= 0.6 is 0 Å². The second-order valence-corrected chi connectivity index (χ2v) is 6.88. The fraction of sp³-hybridized carbons (Fsp3) is 0.474. The number of aromatic nitrogens is 2. The van der Waals surface area contributed by atoms with E-state index in [1.165, 1.54) is 24.3 Å². The first kappa shape index (κ1) is 19.0. The molecule has 1 aliphatic rings. The molecule has 7 nitrogen and oxygen atoms in total. The Kier molecular flexibility index (Phi) is 5.83. The molecule has 2 heterocycles. The summed E-state index contributed by atoms with van der Waals surface area (Å²) in [6.07, 6.45) is 0.264. The first-order valence-corrected chi connectivity index (χ1v) is 9.09. The SMILES string of the molecule is CC(C)c1nnc(N2CCN(C(=O)CCC(=O)c3ccc(F)cc3)CC2)o1. The van der Waals surface area contributed by atoms with Gasteiger partial charge in [0.25, 0.3) is 0 Å². The van der Waals surface area contributed by atoms with Crippen LogP contribution in [0.4, 0.5) is 10.4 Å². The van der Waals surface area contributed by atoms with E-state index in [9.17, 15) is 14.0 Å². The number of rotatable bonds is 6. The van der Waals surface area contributed by atoms with E-state index in [0.717, 1.165) is 0 Å². The van der Waals surface area contributed by atoms with E-state index in [0.29, 0.717) is 43.6 Å². The highest BCUT2D eigenvalue weighted by atomic mass is 19.1. The highest BCUT2D eigenvalue weighted by Gasteiger charge is 2.25. The zero-order valence-electron chi connectivity index (χ0n) is 15.5. The molecule has 0 bridgehead atoms. The van der Waals surface area contributed by atoms with Crippen LogP contribution in [-0.4, -0.2) is 53.0 Å². The maximum absolute atomic E-state index is 12.9. The molecule has 1 aromatic carbocycles. The number of carbonyl (C=O) groups is 2. The number of ketones is 1. The Morgan fingerprint density at radius 3 is 2.33 bits per heavy atom. The van der Waals surface area contributed by atoms with Crippen molar-refractivity contribution in [3.8, 4) is 0 Å². The van der Waals surface area contributed by atoms with E-state index in [1.807, 2.05) is 18.7 Å². The highest BCUT2D eigenvalue weighted by molar-refractivity contribution is 5.97. The van der Waals surface area contributed by atoms with Gasteiger partial charge in [-0.1, -0.05) is 18.9 Å². The molecule has 1 fully saturated rings. The summed E-state index contributed by atoms with van der Waals surface area (Å²) < 4.78 is 18.6. The van der Waals surface area contributed by atoms with Crippen molar-refractivity contribution in [2.24, 2.45) is 0 Å². The van der Waals surface area contributed by atoms with Gasteiger partial charge in [0.1, 0.15) is 5.82 Å². The Balaban J connectivity index is 1.46. The Hall–Kier alpha value is -2.77. The van der Waals surface area contributed by atoms with Crippen LogP contribution in [0, 0.1) is 5.82 Å². The van der Waals surface area contributed by atoms with Gasteiger partial charge in [0, 0.05) is 50.5 Å². The third kappa shape index (κ3) is 4.69. The van der Waals surface area contributed by atoms with Gasteiger partial charge in [0.2, 0.25) is 11.8 Å². The average Bonchev–Trinajstić information content (AvgIpc) is 3.17. The Morgan fingerprint density at radius 1 is 1.07 bits per heavy atom. The number of anilines is 1. The van der Waals surface area contributed by atoms with Crippen LogP contribution in [0.2, 0.25) is 0 Å². The van der Waals surface area contributed by atoms with Crippen molar-refractivity contribution in [2.45, 2.75) is 32.6 Å². The minimum Gasteiger partial charge on any atom is -0.408 e. The van der Waals surface area contributed by atoms with E-state index < -0.39 is 0 Å². The smallest absolute Gasteiger partial charge is 0.318 e. The van der Waals surface area contributed by atoms with Crippen LogP contribution in [0.25, 0.3) is 0 Å². The molecule has 144 valence electrons. The maximum atomic E-state index is 12.9. The summed E-state index contributed by atoms with van der Waals surface area (Å²) in [5, 5.41) is 8.09. The van der Waals surface area contributed by atoms with Crippen LogP contribution in [0.15, 0.2) is 28.7 Å². The monoisotopic (exact) mass is 374 g/mol. The summed E-state index contributed by atoms with van der Waals surface area (Å²) in [7, 11) is 0. The minimum absolute atomic E-state index is 0.0569.